The molecule has 2 rings (SSSR count). The molecule has 2 aromatic rings. The summed E-state index contributed by atoms with van der Waals surface area (Å²) in [5, 5.41) is 0. The predicted octanol–water partition coefficient (Wildman–Crippen LogP) is 7.48. The first-order valence-electron chi connectivity index (χ1n) is 11.5. The van der Waals surface area contributed by atoms with Crippen molar-refractivity contribution < 1.29 is 13.5 Å². The third-order valence-electron chi connectivity index (χ3n) is 5.27. The van der Waals surface area contributed by atoms with Crippen LogP contribution < -0.4 is 4.74 Å². The van der Waals surface area contributed by atoms with Gasteiger partial charge < -0.3 is 4.74 Å². The number of hydrogen-bond acceptors (Lipinski definition) is 3. The number of halogens is 2. The van der Waals surface area contributed by atoms with Gasteiger partial charge in [0.1, 0.15) is 6.17 Å². The van der Waals surface area contributed by atoms with Crippen molar-refractivity contribution in [2.45, 2.75) is 90.6 Å². The van der Waals surface area contributed by atoms with Crippen LogP contribution in [-0.2, 0) is 6.42 Å². The number of rotatable bonds is 15. The van der Waals surface area contributed by atoms with Crippen LogP contribution in [0.1, 0.15) is 83.6 Å². The summed E-state index contributed by atoms with van der Waals surface area (Å²) in [5.41, 5.74) is 1.72. The van der Waals surface area contributed by atoms with Gasteiger partial charge >= 0.3 is 0 Å². The summed E-state index contributed by atoms with van der Waals surface area (Å²) in [6, 6.07) is 4.69. The molecule has 30 heavy (non-hydrogen) atoms. The Hall–Kier alpha value is -2.04. The van der Waals surface area contributed by atoms with E-state index in [0.29, 0.717) is 17.8 Å². The van der Waals surface area contributed by atoms with Gasteiger partial charge in [-0.15, -0.1) is 0 Å². The van der Waals surface area contributed by atoms with Crippen molar-refractivity contribution in [3.63, 3.8) is 0 Å². The summed E-state index contributed by atoms with van der Waals surface area (Å²) in [6.07, 6.45) is 13.9. The van der Waals surface area contributed by atoms with Gasteiger partial charge in [-0.25, -0.2) is 18.7 Å². The molecule has 0 spiro atoms. The SMILES string of the molecule is CCCCCCCCc1cnc(-c2ccc(OCCC(F)CCCC)c(F)c2)nc1. The molecule has 1 aromatic carbocycles. The lowest BCUT2D eigenvalue weighted by atomic mass is 10.1. The lowest BCUT2D eigenvalue weighted by molar-refractivity contribution is 0.218. The van der Waals surface area contributed by atoms with Crippen molar-refractivity contribution in [3.8, 4) is 17.1 Å². The van der Waals surface area contributed by atoms with Crippen LogP contribution in [0, 0.1) is 5.82 Å². The van der Waals surface area contributed by atoms with Gasteiger partial charge in [-0.1, -0.05) is 58.8 Å². The number of unbranched alkanes of at least 4 members (excludes halogenated alkanes) is 6. The molecule has 0 bridgehead atoms. The number of aryl methyl sites for hydroxylation is 1. The van der Waals surface area contributed by atoms with Crippen molar-refractivity contribution in [2.75, 3.05) is 6.61 Å². The summed E-state index contributed by atoms with van der Waals surface area (Å²) >= 11 is 0. The standard InChI is InChI=1S/C25H36F2N2O/c1-3-5-7-8-9-10-11-20-18-28-25(29-19-20)21-13-14-24(23(27)17-21)30-16-15-22(26)12-6-4-2/h13-14,17-19,22H,3-12,15-16H2,1-2H3. The normalized spacial score (nSPS) is 12.1. The van der Waals surface area contributed by atoms with Crippen molar-refractivity contribution in [1.29, 1.82) is 0 Å². The second-order valence-corrected chi connectivity index (χ2v) is 7.95. The lowest BCUT2D eigenvalue weighted by Gasteiger charge is -2.11. The van der Waals surface area contributed by atoms with E-state index in [1.807, 2.05) is 19.3 Å². The van der Waals surface area contributed by atoms with E-state index in [0.717, 1.165) is 31.2 Å². The Kier molecular flexibility index (Phi) is 11.3. The molecule has 1 heterocycles. The molecule has 0 aliphatic carbocycles. The van der Waals surface area contributed by atoms with Gasteiger partial charge in [-0.2, -0.15) is 0 Å². The molecule has 1 aromatic heterocycles. The van der Waals surface area contributed by atoms with E-state index in [-0.39, 0.29) is 18.8 Å². The third kappa shape index (κ3) is 8.76. The topological polar surface area (TPSA) is 35.0 Å². The highest BCUT2D eigenvalue weighted by Gasteiger charge is 2.10. The number of benzene rings is 1. The minimum absolute atomic E-state index is 0.140. The molecule has 0 fully saturated rings. The van der Waals surface area contributed by atoms with Crippen LogP contribution in [-0.4, -0.2) is 22.7 Å². The third-order valence-corrected chi connectivity index (χ3v) is 5.27. The highest BCUT2D eigenvalue weighted by molar-refractivity contribution is 5.56. The molecule has 0 radical (unpaired) electrons. The van der Waals surface area contributed by atoms with Gasteiger partial charge in [-0.3, -0.25) is 0 Å². The molecule has 0 amide bonds. The van der Waals surface area contributed by atoms with Crippen LogP contribution in [0.4, 0.5) is 8.78 Å². The molecule has 5 heteroatoms. The summed E-state index contributed by atoms with van der Waals surface area (Å²) in [6.45, 7) is 4.43. The van der Waals surface area contributed by atoms with Crippen LogP contribution in [0.2, 0.25) is 0 Å². The Balaban J connectivity index is 1.81. The minimum Gasteiger partial charge on any atom is -0.490 e. The molecule has 1 atom stereocenters. The number of aromatic nitrogens is 2. The van der Waals surface area contributed by atoms with Crippen molar-refractivity contribution in [3.05, 3.63) is 42.0 Å². The average molecular weight is 419 g/mol. The van der Waals surface area contributed by atoms with E-state index >= 15 is 0 Å². The highest BCUT2D eigenvalue weighted by Crippen LogP contribution is 2.24. The van der Waals surface area contributed by atoms with E-state index in [1.54, 1.807) is 12.1 Å². The molecular formula is C25H36F2N2O. The zero-order valence-corrected chi connectivity index (χ0v) is 18.5. The molecule has 0 saturated carbocycles. The Morgan fingerprint density at radius 1 is 0.900 bits per heavy atom. The molecule has 0 saturated heterocycles. The maximum Gasteiger partial charge on any atom is 0.165 e. The van der Waals surface area contributed by atoms with Crippen molar-refractivity contribution in [2.24, 2.45) is 0 Å². The number of alkyl halides is 1. The van der Waals surface area contributed by atoms with Crippen LogP contribution in [0.5, 0.6) is 5.75 Å². The van der Waals surface area contributed by atoms with E-state index in [1.165, 1.54) is 38.2 Å². The van der Waals surface area contributed by atoms with Crippen LogP contribution in [0.25, 0.3) is 11.4 Å². The Labute approximate surface area is 180 Å². The van der Waals surface area contributed by atoms with Crippen LogP contribution >= 0.6 is 0 Å². The van der Waals surface area contributed by atoms with Gasteiger partial charge in [0, 0.05) is 24.4 Å². The van der Waals surface area contributed by atoms with E-state index < -0.39 is 12.0 Å². The summed E-state index contributed by atoms with van der Waals surface area (Å²) in [5.74, 6) is 0.160. The second kappa shape index (κ2) is 14.1. The maximum atomic E-state index is 14.4. The van der Waals surface area contributed by atoms with E-state index in [2.05, 4.69) is 16.9 Å². The average Bonchev–Trinajstić information content (AvgIpc) is 2.76. The molecule has 0 N–H and O–H groups in total. The fourth-order valence-electron chi connectivity index (χ4n) is 3.37. The minimum atomic E-state index is -0.893. The summed E-state index contributed by atoms with van der Waals surface area (Å²) < 4.78 is 33.5. The first-order chi connectivity index (χ1) is 14.6. The monoisotopic (exact) mass is 418 g/mol. The molecule has 3 nitrogen and oxygen atoms in total. The molecule has 0 aliphatic rings. The molecule has 166 valence electrons. The van der Waals surface area contributed by atoms with Gasteiger partial charge in [0.15, 0.2) is 17.4 Å². The van der Waals surface area contributed by atoms with Crippen LogP contribution in [0.3, 0.4) is 0 Å². The largest absolute Gasteiger partial charge is 0.490 e. The number of nitrogens with zero attached hydrogens (tertiary/aromatic N) is 2. The number of hydrogen-bond donors (Lipinski definition) is 0. The zero-order chi connectivity index (χ0) is 21.6. The molecule has 1 unspecified atom stereocenters. The first-order valence-corrected chi connectivity index (χ1v) is 11.5. The number of ether oxygens (including phenoxy) is 1. The van der Waals surface area contributed by atoms with Gasteiger partial charge in [-0.05, 0) is 43.0 Å². The second-order valence-electron chi connectivity index (χ2n) is 7.95. The van der Waals surface area contributed by atoms with Crippen LogP contribution in [0.15, 0.2) is 30.6 Å². The summed E-state index contributed by atoms with van der Waals surface area (Å²) in [4.78, 5) is 8.79. The van der Waals surface area contributed by atoms with E-state index in [4.69, 9.17) is 4.74 Å². The highest BCUT2D eigenvalue weighted by atomic mass is 19.1. The quantitative estimate of drug-likeness (QED) is 0.281. The Morgan fingerprint density at radius 3 is 2.30 bits per heavy atom. The molecular weight excluding hydrogens is 382 g/mol. The Morgan fingerprint density at radius 2 is 1.60 bits per heavy atom. The van der Waals surface area contributed by atoms with Gasteiger partial charge in [0.2, 0.25) is 0 Å². The Bertz CT molecular complexity index is 722. The lowest BCUT2D eigenvalue weighted by Crippen LogP contribution is -2.08. The predicted molar refractivity (Wildman–Crippen MR) is 119 cm³/mol. The van der Waals surface area contributed by atoms with E-state index in [9.17, 15) is 8.78 Å². The fourth-order valence-corrected chi connectivity index (χ4v) is 3.37. The van der Waals surface area contributed by atoms with Crippen molar-refractivity contribution in [1.82, 2.24) is 9.97 Å². The zero-order valence-electron chi connectivity index (χ0n) is 18.5. The first kappa shape index (κ1) is 24.2. The van der Waals surface area contributed by atoms with Gasteiger partial charge in [0.05, 0.1) is 6.61 Å². The van der Waals surface area contributed by atoms with Gasteiger partial charge in [0.25, 0.3) is 0 Å². The summed E-state index contributed by atoms with van der Waals surface area (Å²) in [7, 11) is 0. The maximum absolute atomic E-state index is 14.4. The smallest absolute Gasteiger partial charge is 0.165 e. The fraction of sp³-hybridized carbons (Fsp3) is 0.600. The van der Waals surface area contributed by atoms with Crippen molar-refractivity contribution >= 4 is 0 Å². The molecule has 0 aliphatic heterocycles.